The van der Waals surface area contributed by atoms with Gasteiger partial charge in [-0.05, 0) is 50.1 Å². The molecular weight excluding hydrogens is 397 g/mol. The van der Waals surface area contributed by atoms with Gasteiger partial charge in [-0.3, -0.25) is 4.79 Å². The highest BCUT2D eigenvalue weighted by atomic mass is 19.1. The molecule has 1 aromatic heterocycles. The zero-order valence-electron chi connectivity index (χ0n) is 17.5. The minimum absolute atomic E-state index is 0.254. The summed E-state index contributed by atoms with van der Waals surface area (Å²) in [5.41, 5.74) is 3.92. The molecule has 0 saturated carbocycles. The van der Waals surface area contributed by atoms with Gasteiger partial charge in [-0.15, -0.1) is 0 Å². The maximum atomic E-state index is 13.6. The van der Waals surface area contributed by atoms with Gasteiger partial charge < -0.3 is 10.1 Å². The SMILES string of the molecule is Cc1nn(-c2ccccc2)c(C)c1/C=C/C(=O)OCC(=O)NCCc1ccccc1F. The van der Waals surface area contributed by atoms with Gasteiger partial charge in [0.05, 0.1) is 11.4 Å². The van der Waals surface area contributed by atoms with E-state index in [0.29, 0.717) is 12.0 Å². The fraction of sp³-hybridized carbons (Fsp3) is 0.208. The number of hydrogen-bond acceptors (Lipinski definition) is 4. The van der Waals surface area contributed by atoms with Gasteiger partial charge in [0, 0.05) is 23.9 Å². The molecule has 1 heterocycles. The van der Waals surface area contributed by atoms with Gasteiger partial charge in [0.15, 0.2) is 6.61 Å². The van der Waals surface area contributed by atoms with Crippen LogP contribution in [0, 0.1) is 19.7 Å². The van der Waals surface area contributed by atoms with Crippen LogP contribution in [0.15, 0.2) is 60.7 Å². The Labute approximate surface area is 180 Å². The molecule has 0 spiro atoms. The molecule has 0 bridgehead atoms. The average molecular weight is 421 g/mol. The average Bonchev–Trinajstić information content (AvgIpc) is 3.06. The Morgan fingerprint density at radius 1 is 1.10 bits per heavy atom. The maximum Gasteiger partial charge on any atom is 0.331 e. The van der Waals surface area contributed by atoms with Crippen LogP contribution in [0.25, 0.3) is 11.8 Å². The van der Waals surface area contributed by atoms with Crippen LogP contribution >= 0.6 is 0 Å². The lowest BCUT2D eigenvalue weighted by Crippen LogP contribution is -2.30. The summed E-state index contributed by atoms with van der Waals surface area (Å²) in [4.78, 5) is 23.8. The molecular formula is C24H24FN3O3. The number of ether oxygens (including phenoxy) is 1. The minimum Gasteiger partial charge on any atom is -0.452 e. The number of carbonyl (C=O) groups excluding carboxylic acids is 2. The molecule has 7 heteroatoms. The van der Waals surface area contributed by atoms with Crippen molar-refractivity contribution in [2.45, 2.75) is 20.3 Å². The standard InChI is InChI=1S/C24H24FN3O3/c1-17-21(18(2)28(27-17)20-9-4-3-5-10-20)12-13-24(30)31-16-23(29)26-15-14-19-8-6-7-11-22(19)25/h3-13H,14-16H2,1-2H3,(H,26,29)/b13-12+. The van der Waals surface area contributed by atoms with E-state index >= 15 is 0 Å². The van der Waals surface area contributed by atoms with Gasteiger partial charge in [0.25, 0.3) is 5.91 Å². The van der Waals surface area contributed by atoms with Crippen molar-refractivity contribution in [1.29, 1.82) is 0 Å². The third kappa shape index (κ3) is 5.88. The molecule has 160 valence electrons. The van der Waals surface area contributed by atoms with Crippen LogP contribution in [-0.4, -0.2) is 34.8 Å². The van der Waals surface area contributed by atoms with E-state index in [-0.39, 0.29) is 12.4 Å². The summed E-state index contributed by atoms with van der Waals surface area (Å²) in [6, 6.07) is 16.1. The van der Waals surface area contributed by atoms with Crippen molar-refractivity contribution in [2.24, 2.45) is 0 Å². The van der Waals surface area contributed by atoms with Gasteiger partial charge in [-0.25, -0.2) is 13.9 Å². The Kier molecular flexibility index (Phi) is 7.32. The van der Waals surface area contributed by atoms with Crippen molar-refractivity contribution in [3.05, 3.63) is 89.0 Å². The monoisotopic (exact) mass is 421 g/mol. The Balaban J connectivity index is 1.49. The summed E-state index contributed by atoms with van der Waals surface area (Å²) >= 11 is 0. The Bertz CT molecular complexity index is 1090. The molecule has 3 aromatic rings. The van der Waals surface area contributed by atoms with Crippen molar-refractivity contribution in [1.82, 2.24) is 15.1 Å². The molecule has 0 fully saturated rings. The molecule has 31 heavy (non-hydrogen) atoms. The second-order valence-electron chi connectivity index (χ2n) is 6.96. The lowest BCUT2D eigenvalue weighted by Gasteiger charge is -2.06. The van der Waals surface area contributed by atoms with Crippen LogP contribution in [0.5, 0.6) is 0 Å². The first-order chi connectivity index (χ1) is 15.0. The molecule has 0 atom stereocenters. The third-order valence-corrected chi connectivity index (χ3v) is 4.75. The van der Waals surface area contributed by atoms with Gasteiger partial charge in [-0.2, -0.15) is 5.10 Å². The number of benzene rings is 2. The fourth-order valence-corrected chi connectivity index (χ4v) is 3.14. The quantitative estimate of drug-likeness (QED) is 0.446. The van der Waals surface area contributed by atoms with Crippen molar-refractivity contribution >= 4 is 18.0 Å². The highest BCUT2D eigenvalue weighted by Crippen LogP contribution is 2.19. The first-order valence-corrected chi connectivity index (χ1v) is 9.92. The minimum atomic E-state index is -0.629. The highest BCUT2D eigenvalue weighted by Gasteiger charge is 2.11. The number of halogens is 1. The molecule has 0 saturated heterocycles. The highest BCUT2D eigenvalue weighted by molar-refractivity contribution is 5.89. The summed E-state index contributed by atoms with van der Waals surface area (Å²) in [7, 11) is 0. The second kappa shape index (κ2) is 10.3. The first kappa shape index (κ1) is 22.0. The van der Waals surface area contributed by atoms with E-state index < -0.39 is 18.5 Å². The summed E-state index contributed by atoms with van der Waals surface area (Å²) in [5.74, 6) is -1.38. The fourth-order valence-electron chi connectivity index (χ4n) is 3.14. The summed E-state index contributed by atoms with van der Waals surface area (Å²) in [6.07, 6.45) is 3.27. The third-order valence-electron chi connectivity index (χ3n) is 4.75. The number of nitrogens with zero attached hydrogens (tertiary/aromatic N) is 2. The number of nitrogens with one attached hydrogen (secondary N) is 1. The number of amides is 1. The molecule has 2 aromatic carbocycles. The molecule has 0 aliphatic heterocycles. The predicted molar refractivity (Wildman–Crippen MR) is 116 cm³/mol. The molecule has 0 radical (unpaired) electrons. The molecule has 6 nitrogen and oxygen atoms in total. The number of aryl methyl sites for hydroxylation is 1. The van der Waals surface area contributed by atoms with Crippen molar-refractivity contribution in [2.75, 3.05) is 13.2 Å². The number of hydrogen-bond donors (Lipinski definition) is 1. The Morgan fingerprint density at radius 3 is 2.55 bits per heavy atom. The van der Waals surface area contributed by atoms with E-state index in [1.54, 1.807) is 24.3 Å². The van der Waals surface area contributed by atoms with Crippen LogP contribution < -0.4 is 5.32 Å². The largest absolute Gasteiger partial charge is 0.452 e. The number of carbonyl (C=O) groups is 2. The van der Waals surface area contributed by atoms with Crippen molar-refractivity contribution in [3.8, 4) is 5.69 Å². The van der Waals surface area contributed by atoms with E-state index in [2.05, 4.69) is 10.4 Å². The van der Waals surface area contributed by atoms with E-state index in [1.807, 2.05) is 48.9 Å². The van der Waals surface area contributed by atoms with Gasteiger partial charge in [0.1, 0.15) is 5.82 Å². The van der Waals surface area contributed by atoms with Crippen molar-refractivity contribution < 1.29 is 18.7 Å². The zero-order valence-corrected chi connectivity index (χ0v) is 17.5. The van der Waals surface area contributed by atoms with Gasteiger partial charge >= 0.3 is 5.97 Å². The molecule has 0 aliphatic carbocycles. The molecule has 0 aliphatic rings. The molecule has 1 amide bonds. The van der Waals surface area contributed by atoms with E-state index in [9.17, 15) is 14.0 Å². The first-order valence-electron chi connectivity index (χ1n) is 9.92. The Morgan fingerprint density at radius 2 is 1.81 bits per heavy atom. The van der Waals surface area contributed by atoms with Gasteiger partial charge in [0.2, 0.25) is 0 Å². The number of rotatable bonds is 8. The molecule has 1 N–H and O–H groups in total. The van der Waals surface area contributed by atoms with Crippen LogP contribution in [0.4, 0.5) is 4.39 Å². The van der Waals surface area contributed by atoms with Crippen LogP contribution in [-0.2, 0) is 20.7 Å². The maximum absolute atomic E-state index is 13.6. The zero-order chi connectivity index (χ0) is 22.2. The van der Waals surface area contributed by atoms with E-state index in [1.165, 1.54) is 12.1 Å². The predicted octanol–water partition coefficient (Wildman–Crippen LogP) is 3.54. The number of para-hydroxylation sites is 1. The topological polar surface area (TPSA) is 73.2 Å². The van der Waals surface area contributed by atoms with E-state index in [4.69, 9.17) is 4.74 Å². The number of esters is 1. The lowest BCUT2D eigenvalue weighted by molar-refractivity contribution is -0.143. The Hall–Kier alpha value is -3.74. The van der Waals surface area contributed by atoms with Gasteiger partial charge in [-0.1, -0.05) is 36.4 Å². The van der Waals surface area contributed by atoms with E-state index in [0.717, 1.165) is 22.6 Å². The normalized spacial score (nSPS) is 10.9. The van der Waals surface area contributed by atoms with Crippen LogP contribution in [0.2, 0.25) is 0 Å². The van der Waals surface area contributed by atoms with Crippen LogP contribution in [0.3, 0.4) is 0 Å². The molecule has 0 unspecified atom stereocenters. The van der Waals surface area contributed by atoms with Crippen LogP contribution in [0.1, 0.15) is 22.5 Å². The summed E-state index contributed by atoms with van der Waals surface area (Å²) in [5, 5.41) is 7.13. The second-order valence-corrected chi connectivity index (χ2v) is 6.96. The number of aromatic nitrogens is 2. The molecule has 3 rings (SSSR count). The lowest BCUT2D eigenvalue weighted by atomic mass is 10.1. The summed E-state index contributed by atoms with van der Waals surface area (Å²) < 4.78 is 20.3. The summed E-state index contributed by atoms with van der Waals surface area (Å²) in [6.45, 7) is 3.63. The van der Waals surface area contributed by atoms with Crippen molar-refractivity contribution in [3.63, 3.8) is 0 Å². The smallest absolute Gasteiger partial charge is 0.331 e.